The third kappa shape index (κ3) is 4.49. The summed E-state index contributed by atoms with van der Waals surface area (Å²) < 4.78 is 4.89. The summed E-state index contributed by atoms with van der Waals surface area (Å²) in [5, 5.41) is 22.3. The van der Waals surface area contributed by atoms with Crippen LogP contribution in [0.3, 0.4) is 0 Å². The molecule has 0 saturated carbocycles. The lowest BCUT2D eigenvalue weighted by Gasteiger charge is -2.31. The Hall–Kier alpha value is -3.41. The number of Topliss-reactive ketones (excluding diaryl/α,β-unsaturated/α-hetero) is 2. The maximum Gasteiger partial charge on any atom is 0.306 e. The Morgan fingerprint density at radius 3 is 1.85 bits per heavy atom. The monoisotopic (exact) mass is 464 g/mol. The van der Waals surface area contributed by atoms with Crippen LogP contribution >= 0.6 is 0 Å². The number of carbonyl (C=O) groups is 3. The van der Waals surface area contributed by atoms with Crippen LogP contribution in [0.15, 0.2) is 42.0 Å². The van der Waals surface area contributed by atoms with Crippen LogP contribution in [-0.2, 0) is 25.2 Å². The van der Waals surface area contributed by atoms with Crippen LogP contribution in [0.2, 0.25) is 0 Å². The molecule has 3 rings (SSSR count). The SMILES string of the molecule is COC(=O)C[C@H](C1=C(O)c2ccccc2C(=O)C1=O)c1cc(C(C)(C)C)c(O)c(C(C)(C)C)c1. The Morgan fingerprint density at radius 1 is 0.882 bits per heavy atom. The van der Waals surface area contributed by atoms with E-state index < -0.39 is 34.3 Å². The lowest BCUT2D eigenvalue weighted by Crippen LogP contribution is -2.29. The predicted octanol–water partition coefficient (Wildman–Crippen LogP) is 5.37. The fraction of sp³-hybridized carbons (Fsp3) is 0.393. The van der Waals surface area contributed by atoms with Crippen LogP contribution in [0.4, 0.5) is 0 Å². The number of aliphatic hydroxyl groups excluding tert-OH is 1. The van der Waals surface area contributed by atoms with E-state index in [-0.39, 0.29) is 34.6 Å². The van der Waals surface area contributed by atoms with Crippen LogP contribution in [0.25, 0.3) is 5.76 Å². The number of rotatable bonds is 4. The molecule has 2 aromatic carbocycles. The number of ketones is 2. The molecule has 0 unspecified atom stereocenters. The molecule has 0 bridgehead atoms. The molecule has 0 aromatic heterocycles. The second kappa shape index (κ2) is 8.75. The average molecular weight is 465 g/mol. The molecule has 0 saturated heterocycles. The topological polar surface area (TPSA) is 101 Å². The van der Waals surface area contributed by atoms with Gasteiger partial charge < -0.3 is 14.9 Å². The first kappa shape index (κ1) is 25.2. The van der Waals surface area contributed by atoms with Gasteiger partial charge in [-0.15, -0.1) is 0 Å². The highest BCUT2D eigenvalue weighted by molar-refractivity contribution is 6.52. The van der Waals surface area contributed by atoms with Crippen LogP contribution in [0.5, 0.6) is 5.75 Å². The molecule has 0 fully saturated rings. The number of hydrogen-bond acceptors (Lipinski definition) is 6. The second-order valence-corrected chi connectivity index (χ2v) is 10.8. The molecule has 1 aliphatic rings. The van der Waals surface area contributed by atoms with Crippen molar-refractivity contribution in [2.75, 3.05) is 7.11 Å². The highest BCUT2D eigenvalue weighted by atomic mass is 16.5. The van der Waals surface area contributed by atoms with E-state index >= 15 is 0 Å². The predicted molar refractivity (Wildman–Crippen MR) is 130 cm³/mol. The number of allylic oxidation sites excluding steroid dienone is 1. The third-order valence-electron chi connectivity index (χ3n) is 6.23. The van der Waals surface area contributed by atoms with Gasteiger partial charge in [0, 0.05) is 17.0 Å². The van der Waals surface area contributed by atoms with E-state index in [1.165, 1.54) is 13.2 Å². The van der Waals surface area contributed by atoms with Crippen molar-refractivity contribution in [1.82, 2.24) is 0 Å². The Labute approximate surface area is 200 Å². The van der Waals surface area contributed by atoms with Gasteiger partial charge in [-0.1, -0.05) is 77.9 Å². The lowest BCUT2D eigenvalue weighted by molar-refractivity contribution is -0.140. The molecule has 180 valence electrons. The number of phenols is 1. The smallest absolute Gasteiger partial charge is 0.306 e. The van der Waals surface area contributed by atoms with Gasteiger partial charge in [0.05, 0.1) is 19.1 Å². The van der Waals surface area contributed by atoms with Crippen molar-refractivity contribution < 1.29 is 29.3 Å². The molecule has 1 atom stereocenters. The second-order valence-electron chi connectivity index (χ2n) is 10.8. The highest BCUT2D eigenvalue weighted by Gasteiger charge is 2.39. The minimum atomic E-state index is -0.944. The number of ether oxygens (including phenoxy) is 1. The molecule has 34 heavy (non-hydrogen) atoms. The maximum absolute atomic E-state index is 13.2. The number of esters is 1. The zero-order chi connectivity index (χ0) is 25.6. The summed E-state index contributed by atoms with van der Waals surface area (Å²) >= 11 is 0. The van der Waals surface area contributed by atoms with Crippen LogP contribution in [-0.4, -0.2) is 34.9 Å². The van der Waals surface area contributed by atoms with Crippen molar-refractivity contribution in [3.8, 4) is 5.75 Å². The standard InChI is InChI=1S/C28H32O6/c1-27(2,3)19-12-15(13-20(25(19)32)28(4,5)6)18(14-21(29)34-7)22-23(30)16-10-8-9-11-17(16)24(31)26(22)33/h8-13,18,30,32H,14H2,1-7H3/t18-/m0/s1. The van der Waals surface area contributed by atoms with Crippen molar-refractivity contribution in [3.63, 3.8) is 0 Å². The zero-order valence-electron chi connectivity index (χ0n) is 20.8. The van der Waals surface area contributed by atoms with Crippen molar-refractivity contribution in [2.24, 2.45) is 0 Å². The molecule has 0 spiro atoms. The third-order valence-corrected chi connectivity index (χ3v) is 6.23. The first-order valence-corrected chi connectivity index (χ1v) is 11.2. The summed E-state index contributed by atoms with van der Waals surface area (Å²) in [7, 11) is 1.24. The zero-order valence-corrected chi connectivity index (χ0v) is 20.8. The Balaban J connectivity index is 2.37. The van der Waals surface area contributed by atoms with Gasteiger partial charge in [0.1, 0.15) is 11.5 Å². The molecule has 2 N–H and O–H groups in total. The van der Waals surface area contributed by atoms with Gasteiger partial charge in [-0.2, -0.15) is 0 Å². The van der Waals surface area contributed by atoms with Gasteiger partial charge in [0.2, 0.25) is 11.6 Å². The Bertz CT molecular complexity index is 1170. The van der Waals surface area contributed by atoms with E-state index in [2.05, 4.69) is 0 Å². The molecular formula is C28H32O6. The van der Waals surface area contributed by atoms with Crippen LogP contribution < -0.4 is 0 Å². The fourth-order valence-electron chi connectivity index (χ4n) is 4.35. The van der Waals surface area contributed by atoms with Crippen molar-refractivity contribution in [3.05, 3.63) is 69.8 Å². The maximum atomic E-state index is 13.2. The van der Waals surface area contributed by atoms with E-state index in [4.69, 9.17) is 4.74 Å². The molecule has 6 nitrogen and oxygen atoms in total. The summed E-state index contributed by atoms with van der Waals surface area (Å²) in [6.45, 7) is 11.7. The summed E-state index contributed by atoms with van der Waals surface area (Å²) in [5.74, 6) is -3.30. The Morgan fingerprint density at radius 2 is 1.38 bits per heavy atom. The number of phenolic OH excluding ortho intramolecular Hbond substituents is 1. The normalized spacial score (nSPS) is 15.3. The van der Waals surface area contributed by atoms with Gasteiger partial charge in [0.25, 0.3) is 0 Å². The van der Waals surface area contributed by atoms with E-state index in [0.29, 0.717) is 16.7 Å². The summed E-state index contributed by atoms with van der Waals surface area (Å²) in [4.78, 5) is 38.6. The molecule has 0 radical (unpaired) electrons. The van der Waals surface area contributed by atoms with E-state index in [1.807, 2.05) is 41.5 Å². The summed E-state index contributed by atoms with van der Waals surface area (Å²) in [6.07, 6.45) is -0.255. The molecule has 2 aromatic rings. The van der Waals surface area contributed by atoms with Crippen molar-refractivity contribution in [2.45, 2.75) is 64.7 Å². The van der Waals surface area contributed by atoms with E-state index in [9.17, 15) is 24.6 Å². The van der Waals surface area contributed by atoms with Gasteiger partial charge in [-0.3, -0.25) is 14.4 Å². The summed E-state index contributed by atoms with van der Waals surface area (Å²) in [6, 6.07) is 9.85. The average Bonchev–Trinajstić information content (AvgIpc) is 2.75. The number of fused-ring (bicyclic) bond motifs is 1. The molecular weight excluding hydrogens is 432 g/mol. The molecule has 0 amide bonds. The molecule has 1 aliphatic carbocycles. The lowest BCUT2D eigenvalue weighted by atomic mass is 9.73. The van der Waals surface area contributed by atoms with Gasteiger partial charge >= 0.3 is 5.97 Å². The van der Waals surface area contributed by atoms with Gasteiger partial charge in [-0.05, 0) is 27.5 Å². The number of aliphatic hydroxyl groups is 1. The van der Waals surface area contributed by atoms with E-state index in [0.717, 1.165) is 0 Å². The number of hydrogen-bond donors (Lipinski definition) is 2. The molecule has 0 aliphatic heterocycles. The first-order chi connectivity index (χ1) is 15.7. The molecule has 0 heterocycles. The quantitative estimate of drug-likeness (QED) is 0.466. The van der Waals surface area contributed by atoms with Gasteiger partial charge in [0.15, 0.2) is 0 Å². The van der Waals surface area contributed by atoms with E-state index in [1.54, 1.807) is 30.3 Å². The highest BCUT2D eigenvalue weighted by Crippen LogP contribution is 2.44. The van der Waals surface area contributed by atoms with Crippen molar-refractivity contribution >= 4 is 23.3 Å². The van der Waals surface area contributed by atoms with Gasteiger partial charge in [-0.25, -0.2) is 0 Å². The number of methoxy groups -OCH3 is 1. The summed E-state index contributed by atoms with van der Waals surface area (Å²) in [5.41, 5.74) is 1.15. The number of benzene rings is 2. The molecule has 6 heteroatoms. The van der Waals surface area contributed by atoms with Crippen molar-refractivity contribution in [1.29, 1.82) is 0 Å². The largest absolute Gasteiger partial charge is 0.507 e. The van der Waals surface area contributed by atoms with Crippen LogP contribution in [0.1, 0.15) is 86.5 Å². The minimum Gasteiger partial charge on any atom is -0.507 e. The first-order valence-electron chi connectivity index (χ1n) is 11.2. The Kier molecular flexibility index (Phi) is 6.49. The van der Waals surface area contributed by atoms with Crippen LogP contribution in [0, 0.1) is 0 Å². The fourth-order valence-corrected chi connectivity index (χ4v) is 4.35. The minimum absolute atomic E-state index is 0.127. The number of aromatic hydroxyl groups is 1. The number of carbonyl (C=O) groups excluding carboxylic acids is 3.